The number of nitrogens with zero attached hydrogens (tertiary/aromatic N) is 1. The SMILES string of the molecule is CCCCCCN1CCCCC1C(N)=S. The highest BCUT2D eigenvalue weighted by Gasteiger charge is 2.23. The molecule has 0 aliphatic carbocycles. The van der Waals surface area contributed by atoms with E-state index in [2.05, 4.69) is 11.8 Å². The quantitative estimate of drug-likeness (QED) is 0.560. The fourth-order valence-electron chi connectivity index (χ4n) is 2.32. The minimum absolute atomic E-state index is 0.385. The van der Waals surface area contributed by atoms with E-state index in [0.29, 0.717) is 11.0 Å². The minimum atomic E-state index is 0.385. The molecule has 1 atom stereocenters. The molecule has 1 fully saturated rings. The Hall–Kier alpha value is -0.150. The molecule has 1 unspecified atom stereocenters. The predicted molar refractivity (Wildman–Crippen MR) is 70.1 cm³/mol. The Morgan fingerprint density at radius 1 is 1.33 bits per heavy atom. The first-order valence-electron chi connectivity index (χ1n) is 6.29. The molecule has 1 saturated heterocycles. The predicted octanol–water partition coefficient (Wildman–Crippen LogP) is 2.71. The maximum absolute atomic E-state index is 5.78. The molecular formula is C12H24N2S. The fourth-order valence-corrected chi connectivity index (χ4v) is 2.59. The molecule has 2 nitrogen and oxygen atoms in total. The molecule has 88 valence electrons. The normalized spacial score (nSPS) is 22.9. The van der Waals surface area contributed by atoms with Gasteiger partial charge in [0.15, 0.2) is 0 Å². The van der Waals surface area contributed by atoms with Crippen LogP contribution in [0.2, 0.25) is 0 Å². The summed E-state index contributed by atoms with van der Waals surface area (Å²) in [6.45, 7) is 4.62. The van der Waals surface area contributed by atoms with Crippen LogP contribution in [-0.2, 0) is 0 Å². The number of thiocarbonyl (C=S) groups is 1. The number of unbranched alkanes of at least 4 members (excludes halogenated alkanes) is 3. The Kier molecular flexibility index (Phi) is 6.18. The Bertz CT molecular complexity index is 194. The molecule has 0 radical (unpaired) electrons. The number of likely N-dealkylation sites (tertiary alicyclic amines) is 1. The van der Waals surface area contributed by atoms with E-state index < -0.39 is 0 Å². The van der Waals surface area contributed by atoms with Gasteiger partial charge in [0.05, 0.1) is 11.0 Å². The molecule has 0 spiro atoms. The van der Waals surface area contributed by atoms with Gasteiger partial charge in [0.2, 0.25) is 0 Å². The average Bonchev–Trinajstić information content (AvgIpc) is 2.25. The fraction of sp³-hybridized carbons (Fsp3) is 0.917. The number of piperidine rings is 1. The van der Waals surface area contributed by atoms with Gasteiger partial charge in [-0.15, -0.1) is 0 Å². The summed E-state index contributed by atoms with van der Waals surface area (Å²) in [6.07, 6.45) is 9.07. The van der Waals surface area contributed by atoms with Crippen molar-refractivity contribution < 1.29 is 0 Å². The second kappa shape index (κ2) is 7.18. The highest BCUT2D eigenvalue weighted by molar-refractivity contribution is 7.80. The van der Waals surface area contributed by atoms with Gasteiger partial charge in [0.25, 0.3) is 0 Å². The molecule has 0 saturated carbocycles. The first-order valence-corrected chi connectivity index (χ1v) is 6.70. The molecule has 15 heavy (non-hydrogen) atoms. The van der Waals surface area contributed by atoms with Crippen LogP contribution in [0, 0.1) is 0 Å². The molecule has 0 aromatic heterocycles. The molecule has 1 aliphatic rings. The van der Waals surface area contributed by atoms with Crippen LogP contribution >= 0.6 is 12.2 Å². The average molecular weight is 228 g/mol. The van der Waals surface area contributed by atoms with Crippen LogP contribution in [0.15, 0.2) is 0 Å². The van der Waals surface area contributed by atoms with Crippen LogP contribution < -0.4 is 5.73 Å². The Balaban J connectivity index is 2.26. The number of nitrogens with two attached hydrogens (primary N) is 1. The van der Waals surface area contributed by atoms with Crippen molar-refractivity contribution in [1.82, 2.24) is 4.90 Å². The van der Waals surface area contributed by atoms with Gasteiger partial charge in [0.1, 0.15) is 0 Å². The third-order valence-corrected chi connectivity index (χ3v) is 3.51. The standard InChI is InChI=1S/C12H24N2S/c1-2-3-4-6-9-14-10-7-5-8-11(14)12(13)15/h11H,2-10H2,1H3,(H2,13,15). The Labute approximate surface area is 99.2 Å². The van der Waals surface area contributed by atoms with Crippen molar-refractivity contribution in [1.29, 1.82) is 0 Å². The van der Waals surface area contributed by atoms with Crippen molar-refractivity contribution in [3.63, 3.8) is 0 Å². The van der Waals surface area contributed by atoms with E-state index in [1.165, 1.54) is 58.0 Å². The van der Waals surface area contributed by atoms with Gasteiger partial charge in [-0.2, -0.15) is 0 Å². The maximum Gasteiger partial charge on any atom is 0.0902 e. The van der Waals surface area contributed by atoms with Gasteiger partial charge >= 0.3 is 0 Å². The van der Waals surface area contributed by atoms with E-state index in [1.807, 2.05) is 0 Å². The summed E-state index contributed by atoms with van der Waals surface area (Å²) in [6, 6.07) is 0.385. The largest absolute Gasteiger partial charge is 0.392 e. The molecule has 2 N–H and O–H groups in total. The summed E-state index contributed by atoms with van der Waals surface area (Å²) in [5.74, 6) is 0. The zero-order chi connectivity index (χ0) is 11.1. The number of rotatable bonds is 6. The van der Waals surface area contributed by atoms with Gasteiger partial charge < -0.3 is 5.73 Å². The lowest BCUT2D eigenvalue weighted by Gasteiger charge is -2.34. The first kappa shape index (κ1) is 12.9. The van der Waals surface area contributed by atoms with Crippen LogP contribution in [0.25, 0.3) is 0 Å². The van der Waals surface area contributed by atoms with E-state index in [-0.39, 0.29) is 0 Å². The molecule has 0 aromatic carbocycles. The van der Waals surface area contributed by atoms with Crippen molar-refractivity contribution in [2.45, 2.75) is 57.9 Å². The number of hydrogen-bond acceptors (Lipinski definition) is 2. The summed E-state index contributed by atoms with van der Waals surface area (Å²) in [4.78, 5) is 3.19. The molecule has 1 rings (SSSR count). The second-order valence-corrected chi connectivity index (χ2v) is 4.98. The summed E-state index contributed by atoms with van der Waals surface area (Å²) < 4.78 is 0. The highest BCUT2D eigenvalue weighted by Crippen LogP contribution is 2.18. The van der Waals surface area contributed by atoms with Crippen molar-refractivity contribution >= 4 is 17.2 Å². The van der Waals surface area contributed by atoms with Gasteiger partial charge in [0, 0.05) is 0 Å². The molecule has 1 aliphatic heterocycles. The van der Waals surface area contributed by atoms with Gasteiger partial charge in [-0.25, -0.2) is 0 Å². The van der Waals surface area contributed by atoms with E-state index in [4.69, 9.17) is 18.0 Å². The van der Waals surface area contributed by atoms with E-state index >= 15 is 0 Å². The third-order valence-electron chi connectivity index (χ3n) is 3.24. The van der Waals surface area contributed by atoms with Crippen LogP contribution in [0.4, 0.5) is 0 Å². The number of hydrogen-bond donors (Lipinski definition) is 1. The molecule has 3 heteroatoms. The van der Waals surface area contributed by atoms with Crippen molar-refractivity contribution in [2.75, 3.05) is 13.1 Å². The third kappa shape index (κ3) is 4.47. The highest BCUT2D eigenvalue weighted by atomic mass is 32.1. The van der Waals surface area contributed by atoms with Crippen LogP contribution in [0.5, 0.6) is 0 Å². The van der Waals surface area contributed by atoms with Gasteiger partial charge in [-0.1, -0.05) is 44.8 Å². The van der Waals surface area contributed by atoms with E-state index in [1.54, 1.807) is 0 Å². The maximum atomic E-state index is 5.78. The van der Waals surface area contributed by atoms with Crippen molar-refractivity contribution in [2.24, 2.45) is 5.73 Å². The monoisotopic (exact) mass is 228 g/mol. The summed E-state index contributed by atoms with van der Waals surface area (Å²) in [5.41, 5.74) is 5.78. The van der Waals surface area contributed by atoms with Crippen LogP contribution in [-0.4, -0.2) is 29.0 Å². The molecule has 0 amide bonds. The van der Waals surface area contributed by atoms with E-state index in [0.717, 1.165) is 0 Å². The van der Waals surface area contributed by atoms with Crippen LogP contribution in [0.1, 0.15) is 51.9 Å². The molecule has 0 aromatic rings. The van der Waals surface area contributed by atoms with E-state index in [9.17, 15) is 0 Å². The second-order valence-electron chi connectivity index (χ2n) is 4.51. The smallest absolute Gasteiger partial charge is 0.0902 e. The van der Waals surface area contributed by atoms with Crippen molar-refractivity contribution in [3.8, 4) is 0 Å². The lowest BCUT2D eigenvalue weighted by molar-refractivity contribution is 0.189. The lowest BCUT2D eigenvalue weighted by Crippen LogP contribution is -2.47. The summed E-state index contributed by atoms with van der Waals surface area (Å²) in [5, 5.41) is 0. The summed E-state index contributed by atoms with van der Waals surface area (Å²) in [7, 11) is 0. The topological polar surface area (TPSA) is 29.3 Å². The molecule has 1 heterocycles. The molecular weight excluding hydrogens is 204 g/mol. The minimum Gasteiger partial charge on any atom is -0.392 e. The summed E-state index contributed by atoms with van der Waals surface area (Å²) >= 11 is 5.13. The van der Waals surface area contributed by atoms with Gasteiger partial charge in [-0.05, 0) is 32.4 Å². The first-order chi connectivity index (χ1) is 7.25. The van der Waals surface area contributed by atoms with Crippen LogP contribution in [0.3, 0.4) is 0 Å². The Morgan fingerprint density at radius 2 is 2.13 bits per heavy atom. The lowest BCUT2D eigenvalue weighted by atomic mass is 10.0. The Morgan fingerprint density at radius 3 is 2.80 bits per heavy atom. The zero-order valence-electron chi connectivity index (χ0n) is 9.87. The van der Waals surface area contributed by atoms with Gasteiger partial charge in [-0.3, -0.25) is 4.90 Å². The molecule has 0 bridgehead atoms. The van der Waals surface area contributed by atoms with Crippen molar-refractivity contribution in [3.05, 3.63) is 0 Å². The zero-order valence-corrected chi connectivity index (χ0v) is 10.7.